The van der Waals surface area contributed by atoms with Gasteiger partial charge in [-0.1, -0.05) is 111 Å². The summed E-state index contributed by atoms with van der Waals surface area (Å²) < 4.78 is 17.1. The van der Waals surface area contributed by atoms with Crippen LogP contribution in [0.25, 0.3) is 0 Å². The molecule has 26 nitrogen and oxygen atoms in total. The molecule has 0 radical (unpaired) electrons. The Morgan fingerprint density at radius 1 is 0.656 bits per heavy atom. The van der Waals surface area contributed by atoms with Gasteiger partial charge in [-0.2, -0.15) is 0 Å². The maximum Gasteiger partial charge on any atom is 0.312 e. The summed E-state index contributed by atoms with van der Waals surface area (Å²) in [5.41, 5.74) is 7.07. The molecule has 2 fully saturated rings. The van der Waals surface area contributed by atoms with Crippen molar-refractivity contribution in [3.05, 3.63) is 65.7 Å². The van der Waals surface area contributed by atoms with Crippen LogP contribution in [0.15, 0.2) is 54.6 Å². The normalized spacial score (nSPS) is 18.7. The van der Waals surface area contributed by atoms with Crippen LogP contribution < -0.4 is 43.0 Å². The number of urea groups is 1. The number of methoxy groups -OCH3 is 3. The molecule has 9 N–H and O–H groups in total. The fourth-order valence-corrected chi connectivity index (χ4v) is 13.1. The Kier molecular flexibility index (Phi) is 33.2. The number of hydrogen-bond acceptors (Lipinski definition) is 15. The predicted octanol–water partition coefficient (Wildman–Crippen LogP) is 4.27. The molecule has 0 spiro atoms. The van der Waals surface area contributed by atoms with E-state index in [1.54, 1.807) is 66.8 Å². The van der Waals surface area contributed by atoms with E-state index >= 15 is 0 Å². The smallest absolute Gasteiger partial charge is 0.312 e. The third kappa shape index (κ3) is 23.8. The minimum absolute atomic E-state index is 0.00712. The highest BCUT2D eigenvalue weighted by Gasteiger charge is 2.44. The first-order chi connectivity index (χ1) is 45.4. The van der Waals surface area contributed by atoms with Crippen LogP contribution in [-0.4, -0.2) is 207 Å². The lowest BCUT2D eigenvalue weighted by Gasteiger charge is -2.41. The zero-order valence-corrected chi connectivity index (χ0v) is 59.6. The molecule has 0 aliphatic carbocycles. The van der Waals surface area contributed by atoms with Crippen molar-refractivity contribution in [2.24, 2.45) is 41.2 Å². The molecule has 11 amide bonds. The van der Waals surface area contributed by atoms with E-state index in [4.69, 9.17) is 19.9 Å². The molecule has 13 atom stereocenters. The standard InChI is InChI=1S/C70H112N12O14/c1-17-44(8)61(80(13)68(91)59(42(4)5)78-67(90)60(43(6)7)79(11)12)54(94-14)39-57(85)82-35-22-26-53(82)62(95-15)46(10)63(86)76-52(38-47-23-19-18-20-24-47)64(87)73-40-48-27-29-50(30-28-48)74-65(88)51(25-21-34-72-70(71)93)75-66(89)58(41(2)3)77-55(83)31-32-56(84)81-36-33-49(37-45(81)9)69(92)96-16/h18-20,23-24,27-30,41-46,49,51-54,58-62H,17,21-22,25-26,31-40H2,1-16H3,(H,73,87)(H,74,88)(H,75,89)(H,76,86)(H,77,83)(H,78,90)(H3,71,72,93)/t44-,45?,46+,49?,51-,52-,53-,54+,58-,59-,60-,61-,62+/m0/s1. The summed E-state index contributed by atoms with van der Waals surface area (Å²) in [5.74, 6) is -5.96. The molecule has 2 heterocycles. The number of likely N-dealkylation sites (N-methyl/N-ethyl adjacent to an activating group) is 2. The maximum atomic E-state index is 14.6. The van der Waals surface area contributed by atoms with Gasteiger partial charge >= 0.3 is 12.0 Å². The monoisotopic (exact) mass is 1340 g/mol. The van der Waals surface area contributed by atoms with E-state index < -0.39 is 102 Å². The average Bonchev–Trinajstić information content (AvgIpc) is 1.53. The van der Waals surface area contributed by atoms with Gasteiger partial charge in [-0.25, -0.2) is 4.79 Å². The number of ether oxygens (including phenoxy) is 3. The number of primary amides is 1. The maximum absolute atomic E-state index is 14.6. The number of rotatable bonds is 37. The topological polar surface area (TPSA) is 339 Å². The Morgan fingerprint density at radius 2 is 1.30 bits per heavy atom. The number of nitrogens with zero attached hydrogens (tertiary/aromatic N) is 4. The lowest BCUT2D eigenvalue weighted by atomic mass is 9.89. The van der Waals surface area contributed by atoms with Gasteiger partial charge < -0.3 is 71.9 Å². The number of hydrogen-bond donors (Lipinski definition) is 8. The van der Waals surface area contributed by atoms with Crippen LogP contribution >= 0.6 is 0 Å². The van der Waals surface area contributed by atoms with Crippen molar-refractivity contribution in [2.45, 2.75) is 207 Å². The lowest BCUT2D eigenvalue weighted by Crippen LogP contribution is -2.59. The fraction of sp³-hybridized carbons (Fsp3) is 0.671. The molecule has 2 aromatic rings. The molecule has 2 unspecified atom stereocenters. The zero-order chi connectivity index (χ0) is 71.7. The van der Waals surface area contributed by atoms with Crippen molar-refractivity contribution >= 4 is 70.9 Å². The number of amides is 11. The van der Waals surface area contributed by atoms with Gasteiger partial charge in [0.15, 0.2) is 0 Å². The van der Waals surface area contributed by atoms with Crippen molar-refractivity contribution in [1.82, 2.24) is 51.5 Å². The summed E-state index contributed by atoms with van der Waals surface area (Å²) >= 11 is 0. The minimum atomic E-state index is -1.13. The van der Waals surface area contributed by atoms with Crippen molar-refractivity contribution in [2.75, 3.05) is 67.4 Å². The predicted molar refractivity (Wildman–Crippen MR) is 365 cm³/mol. The Bertz CT molecular complexity index is 2890. The number of carbonyl (C=O) groups is 11. The van der Waals surface area contributed by atoms with Crippen LogP contribution in [0.2, 0.25) is 0 Å². The van der Waals surface area contributed by atoms with E-state index in [0.717, 1.165) is 5.56 Å². The molecule has 4 rings (SSSR count). The van der Waals surface area contributed by atoms with Gasteiger partial charge in [-0.15, -0.1) is 0 Å². The summed E-state index contributed by atoms with van der Waals surface area (Å²) in [7, 11) is 9.72. The van der Waals surface area contributed by atoms with Gasteiger partial charge in [0, 0.05) is 78.4 Å². The third-order valence-corrected chi connectivity index (χ3v) is 18.7. The van der Waals surface area contributed by atoms with Crippen molar-refractivity contribution in [3.63, 3.8) is 0 Å². The number of nitrogens with two attached hydrogens (primary N) is 1. The number of anilines is 1. The van der Waals surface area contributed by atoms with Crippen LogP contribution in [0.4, 0.5) is 10.5 Å². The molecular weight excluding hydrogens is 1230 g/mol. The number of carbonyl (C=O) groups excluding carboxylic acids is 11. The highest BCUT2D eigenvalue weighted by atomic mass is 16.5. The van der Waals surface area contributed by atoms with E-state index in [1.165, 1.54) is 21.3 Å². The summed E-state index contributed by atoms with van der Waals surface area (Å²) in [5, 5.41) is 19.8. The number of likely N-dealkylation sites (tertiary alicyclic amines) is 2. The van der Waals surface area contributed by atoms with Gasteiger partial charge in [0.1, 0.15) is 24.2 Å². The Balaban J connectivity index is 1.43. The largest absolute Gasteiger partial charge is 0.469 e. The first kappa shape index (κ1) is 80.7. The molecule has 0 bridgehead atoms. The summed E-state index contributed by atoms with van der Waals surface area (Å²) in [4.78, 5) is 156. The van der Waals surface area contributed by atoms with Crippen LogP contribution in [0, 0.1) is 35.5 Å². The van der Waals surface area contributed by atoms with E-state index in [2.05, 4.69) is 37.2 Å². The van der Waals surface area contributed by atoms with Crippen molar-refractivity contribution in [3.8, 4) is 0 Å². The lowest BCUT2D eigenvalue weighted by molar-refractivity contribution is -0.150. The zero-order valence-electron chi connectivity index (χ0n) is 59.6. The second-order valence-corrected chi connectivity index (χ2v) is 27.1. The molecular formula is C70H112N12O14. The van der Waals surface area contributed by atoms with E-state index in [9.17, 15) is 52.7 Å². The first-order valence-corrected chi connectivity index (χ1v) is 34.0. The molecule has 2 saturated heterocycles. The van der Waals surface area contributed by atoms with Gasteiger partial charge in [0.05, 0.1) is 55.7 Å². The number of benzene rings is 2. The molecule has 536 valence electrons. The van der Waals surface area contributed by atoms with Gasteiger partial charge in [0.2, 0.25) is 53.2 Å². The van der Waals surface area contributed by atoms with Crippen LogP contribution in [-0.2, 0) is 75.1 Å². The molecule has 2 aliphatic rings. The summed E-state index contributed by atoms with van der Waals surface area (Å²) in [6.07, 6.45) is 1.35. The third-order valence-electron chi connectivity index (χ3n) is 18.7. The molecule has 2 aromatic carbocycles. The summed E-state index contributed by atoms with van der Waals surface area (Å²) in [6.45, 7) is 19.6. The highest BCUT2D eigenvalue weighted by molar-refractivity contribution is 5.99. The Morgan fingerprint density at radius 3 is 1.86 bits per heavy atom. The average molecular weight is 1350 g/mol. The Labute approximate surface area is 568 Å². The first-order valence-electron chi connectivity index (χ1n) is 34.0. The van der Waals surface area contributed by atoms with Crippen LogP contribution in [0.1, 0.15) is 145 Å². The second kappa shape index (κ2) is 39.5. The SMILES string of the molecule is CC[C@H](C)[C@@H]([C@@H](CC(=O)N1CCC[C@H]1[C@H](OC)[C@@H](C)C(=O)N[C@@H](Cc1ccccc1)C(=O)NCc1ccc(NC(=O)[C@H](CCCNC(N)=O)NC(=O)[C@@H](NC(=O)CCC(=O)N2CCC(C(=O)OC)CC2C)C(C)C)cc1)OC)N(C)C(=O)[C@@H](NC(=O)[C@H](C(C)C)N(C)C)C(C)C. The highest BCUT2D eigenvalue weighted by Crippen LogP contribution is 2.31. The van der Waals surface area contributed by atoms with Crippen LogP contribution in [0.5, 0.6) is 0 Å². The van der Waals surface area contributed by atoms with E-state index in [1.807, 2.05) is 97.8 Å². The minimum Gasteiger partial charge on any atom is -0.469 e. The van der Waals surface area contributed by atoms with Crippen LogP contribution in [0.3, 0.4) is 0 Å². The fourth-order valence-electron chi connectivity index (χ4n) is 13.1. The molecule has 26 heteroatoms. The van der Waals surface area contributed by atoms with Gasteiger partial charge in [0.25, 0.3) is 0 Å². The molecule has 0 aromatic heterocycles. The van der Waals surface area contributed by atoms with Crippen molar-refractivity contribution in [1.29, 1.82) is 0 Å². The summed E-state index contributed by atoms with van der Waals surface area (Å²) in [6, 6.07) is 9.30. The number of piperidine rings is 1. The number of nitrogens with one attached hydrogen (secondary N) is 7. The molecule has 96 heavy (non-hydrogen) atoms. The van der Waals surface area contributed by atoms with Gasteiger partial charge in [-0.05, 0) is 106 Å². The van der Waals surface area contributed by atoms with Gasteiger partial charge in [-0.3, -0.25) is 52.8 Å². The van der Waals surface area contributed by atoms with E-state index in [-0.39, 0.29) is 111 Å². The quantitative estimate of drug-likeness (QED) is 0.0346. The molecule has 0 saturated carbocycles. The van der Waals surface area contributed by atoms with E-state index in [0.29, 0.717) is 56.4 Å². The second-order valence-electron chi connectivity index (χ2n) is 27.1. The molecule has 2 aliphatic heterocycles. The Hall–Kier alpha value is -7.71. The number of esters is 1. The van der Waals surface area contributed by atoms with Crippen molar-refractivity contribution < 1.29 is 67.0 Å².